The van der Waals surface area contributed by atoms with E-state index in [0.717, 1.165) is 21.7 Å². The molecule has 37 heavy (non-hydrogen) atoms. The van der Waals surface area contributed by atoms with Crippen molar-refractivity contribution in [3.8, 4) is 10.4 Å². The number of aromatic nitrogens is 1. The fourth-order valence-corrected chi connectivity index (χ4v) is 5.12. The highest BCUT2D eigenvalue weighted by Gasteiger charge is 2.44. The number of β-amino-alcohol motifs (C(OH)–C–C–N with tert-alkyl or cyclic N) is 1. The molecule has 1 aliphatic rings. The van der Waals surface area contributed by atoms with Crippen molar-refractivity contribution in [2.45, 2.75) is 58.8 Å². The zero-order chi connectivity index (χ0) is 27.2. The Morgan fingerprint density at radius 2 is 1.97 bits per heavy atom. The molecule has 1 aliphatic heterocycles. The number of nitrogens with zero attached hydrogens (tertiary/aromatic N) is 2. The summed E-state index contributed by atoms with van der Waals surface area (Å²) in [5, 5.41) is 15.9. The zero-order valence-corrected chi connectivity index (χ0v) is 23.2. The number of amides is 3. The number of alkyl halides is 1. The Balaban J connectivity index is 1.65. The predicted molar refractivity (Wildman–Crippen MR) is 143 cm³/mol. The van der Waals surface area contributed by atoms with Gasteiger partial charge in [-0.2, -0.15) is 0 Å². The number of hydrogen-bond acceptors (Lipinski definition) is 7. The fraction of sp³-hybridized carbons (Fsp3) is 0.538. The Morgan fingerprint density at radius 1 is 1.27 bits per heavy atom. The second kappa shape index (κ2) is 12.8. The number of carbonyl (C=O) groups excluding carboxylic acids is 3. The molecule has 1 aromatic heterocycles. The fourth-order valence-electron chi connectivity index (χ4n) is 4.20. The van der Waals surface area contributed by atoms with Gasteiger partial charge in [-0.05, 0) is 23.5 Å². The summed E-state index contributed by atoms with van der Waals surface area (Å²) in [6.45, 7) is 7.75. The summed E-state index contributed by atoms with van der Waals surface area (Å²) in [5.41, 5.74) is 4.13. The van der Waals surface area contributed by atoms with Crippen molar-refractivity contribution in [1.82, 2.24) is 20.5 Å². The van der Waals surface area contributed by atoms with Gasteiger partial charge in [0.2, 0.25) is 17.7 Å². The smallest absolute Gasteiger partial charge is 0.246 e. The first kappa shape index (κ1) is 29.0. The van der Waals surface area contributed by atoms with Crippen LogP contribution in [0, 0.1) is 12.3 Å². The van der Waals surface area contributed by atoms with Gasteiger partial charge in [-0.25, -0.2) is 4.98 Å². The van der Waals surface area contributed by atoms with Crippen LogP contribution in [-0.4, -0.2) is 76.5 Å². The molecule has 1 saturated heterocycles. The number of aliphatic hydroxyl groups excluding tert-OH is 1. The Labute approximate surface area is 226 Å². The van der Waals surface area contributed by atoms with Crippen LogP contribution in [0.15, 0.2) is 29.8 Å². The number of ether oxygens (including phenoxy) is 1. The number of carbonyl (C=O) groups is 3. The lowest BCUT2D eigenvalue weighted by Gasteiger charge is -2.35. The topological polar surface area (TPSA) is 121 Å². The van der Waals surface area contributed by atoms with Gasteiger partial charge in [-0.3, -0.25) is 14.4 Å². The minimum Gasteiger partial charge on any atom is -0.391 e. The van der Waals surface area contributed by atoms with Crippen molar-refractivity contribution >= 4 is 40.7 Å². The van der Waals surface area contributed by atoms with Gasteiger partial charge in [0.15, 0.2) is 0 Å². The van der Waals surface area contributed by atoms with Crippen molar-refractivity contribution in [3.05, 3.63) is 41.0 Å². The number of hydrogen-bond donors (Lipinski definition) is 3. The third kappa shape index (κ3) is 7.73. The highest BCUT2D eigenvalue weighted by atomic mass is 35.5. The number of thiazole rings is 1. The summed E-state index contributed by atoms with van der Waals surface area (Å²) >= 11 is 7.15. The van der Waals surface area contributed by atoms with Gasteiger partial charge in [0, 0.05) is 25.4 Å². The molecule has 1 aromatic carbocycles. The standard InChI is InChI=1S/C26H35ClN4O5S/c1-16-22(37-15-29-16)18-7-5-17(6-8-18)12-28-24(34)20-11-19(32)13-31(20)25(35)23(26(2,3)4)30-21(33)14-36-10-9-27/h5-8,15,19-20,23,32H,9-14H2,1-4H3,(H,28,34)(H,30,33)/t19-,20+,23+/m1/s1. The molecule has 0 saturated carbocycles. The normalized spacial score (nSPS) is 18.5. The van der Waals surface area contributed by atoms with Gasteiger partial charge in [-0.15, -0.1) is 22.9 Å². The number of likely N-dealkylation sites (tertiary alicyclic amines) is 1. The van der Waals surface area contributed by atoms with Gasteiger partial charge >= 0.3 is 0 Å². The van der Waals surface area contributed by atoms with E-state index in [1.54, 1.807) is 11.3 Å². The van der Waals surface area contributed by atoms with E-state index in [-0.39, 0.29) is 44.5 Å². The van der Waals surface area contributed by atoms with Crippen molar-refractivity contribution in [1.29, 1.82) is 0 Å². The predicted octanol–water partition coefficient (Wildman–Crippen LogP) is 2.48. The Hall–Kier alpha value is -2.53. The van der Waals surface area contributed by atoms with Crippen LogP contribution in [-0.2, 0) is 25.7 Å². The Kier molecular flexibility index (Phi) is 10.1. The highest BCUT2D eigenvalue weighted by molar-refractivity contribution is 7.13. The molecule has 0 spiro atoms. The summed E-state index contributed by atoms with van der Waals surface area (Å²) in [7, 11) is 0. The molecular weight excluding hydrogens is 516 g/mol. The maximum Gasteiger partial charge on any atom is 0.246 e. The highest BCUT2D eigenvalue weighted by Crippen LogP contribution is 2.28. The molecule has 2 heterocycles. The summed E-state index contributed by atoms with van der Waals surface area (Å²) in [5.74, 6) is -0.959. The first-order valence-electron chi connectivity index (χ1n) is 12.2. The van der Waals surface area contributed by atoms with Gasteiger partial charge < -0.3 is 25.4 Å². The molecule has 11 heteroatoms. The number of aryl methyl sites for hydroxylation is 1. The molecule has 3 atom stereocenters. The van der Waals surface area contributed by atoms with Crippen molar-refractivity contribution in [3.63, 3.8) is 0 Å². The molecule has 202 valence electrons. The summed E-state index contributed by atoms with van der Waals surface area (Å²) in [6.07, 6.45) is -0.699. The average Bonchev–Trinajstić information content (AvgIpc) is 3.46. The third-order valence-electron chi connectivity index (χ3n) is 6.17. The molecule has 0 aliphatic carbocycles. The zero-order valence-electron chi connectivity index (χ0n) is 21.6. The van der Waals surface area contributed by atoms with Gasteiger partial charge in [-0.1, -0.05) is 45.0 Å². The van der Waals surface area contributed by atoms with Crippen LogP contribution in [0.1, 0.15) is 38.4 Å². The van der Waals surface area contributed by atoms with Crippen molar-refractivity contribution in [2.75, 3.05) is 25.6 Å². The number of rotatable bonds is 10. The second-order valence-electron chi connectivity index (χ2n) is 10.2. The third-order valence-corrected chi connectivity index (χ3v) is 7.30. The molecule has 3 amide bonds. The maximum absolute atomic E-state index is 13.5. The van der Waals surface area contributed by atoms with E-state index in [0.29, 0.717) is 0 Å². The summed E-state index contributed by atoms with van der Waals surface area (Å²) < 4.78 is 5.17. The van der Waals surface area contributed by atoms with Gasteiger partial charge in [0.05, 0.1) is 28.8 Å². The van der Waals surface area contributed by atoms with Crippen LogP contribution in [0.4, 0.5) is 0 Å². The number of nitrogens with one attached hydrogen (secondary N) is 2. The van der Waals surface area contributed by atoms with Gasteiger partial charge in [0.25, 0.3) is 0 Å². The Morgan fingerprint density at radius 3 is 2.57 bits per heavy atom. The van der Waals surface area contributed by atoms with Crippen LogP contribution >= 0.6 is 22.9 Å². The van der Waals surface area contributed by atoms with Crippen LogP contribution in [0.3, 0.4) is 0 Å². The number of benzene rings is 1. The molecule has 2 aromatic rings. The molecule has 0 bridgehead atoms. The molecule has 9 nitrogen and oxygen atoms in total. The second-order valence-corrected chi connectivity index (χ2v) is 11.4. The van der Waals surface area contributed by atoms with E-state index >= 15 is 0 Å². The van der Waals surface area contributed by atoms with Crippen LogP contribution in [0.2, 0.25) is 0 Å². The lowest BCUT2D eigenvalue weighted by Crippen LogP contribution is -2.58. The van der Waals surface area contributed by atoms with E-state index in [1.807, 2.05) is 57.5 Å². The van der Waals surface area contributed by atoms with E-state index in [4.69, 9.17) is 16.3 Å². The number of aliphatic hydroxyl groups is 1. The maximum atomic E-state index is 13.5. The quantitative estimate of drug-likeness (QED) is 0.309. The minimum atomic E-state index is -0.900. The summed E-state index contributed by atoms with van der Waals surface area (Å²) in [4.78, 5) is 45.8. The first-order valence-corrected chi connectivity index (χ1v) is 13.6. The molecule has 0 unspecified atom stereocenters. The van der Waals surface area contributed by atoms with E-state index < -0.39 is 35.4 Å². The molecule has 3 N–H and O–H groups in total. The SMILES string of the molecule is Cc1ncsc1-c1ccc(CNC(=O)[C@@H]2C[C@@H](O)CN2C(=O)[C@H](NC(=O)COCCCl)C(C)(C)C)cc1. The minimum absolute atomic E-state index is 0.0189. The lowest BCUT2D eigenvalue weighted by atomic mass is 9.85. The summed E-state index contributed by atoms with van der Waals surface area (Å²) in [6, 6.07) is 6.13. The monoisotopic (exact) mass is 550 g/mol. The van der Waals surface area contributed by atoms with Gasteiger partial charge in [0.1, 0.15) is 18.7 Å². The van der Waals surface area contributed by atoms with Crippen molar-refractivity contribution < 1.29 is 24.2 Å². The Bertz CT molecular complexity index is 1090. The van der Waals surface area contributed by atoms with Crippen molar-refractivity contribution in [2.24, 2.45) is 5.41 Å². The van der Waals surface area contributed by atoms with Crippen LogP contribution in [0.25, 0.3) is 10.4 Å². The molecular formula is C26H35ClN4O5S. The van der Waals surface area contributed by atoms with E-state index in [2.05, 4.69) is 15.6 Å². The number of halogens is 1. The largest absolute Gasteiger partial charge is 0.391 e. The lowest BCUT2D eigenvalue weighted by molar-refractivity contribution is -0.144. The molecule has 0 radical (unpaired) electrons. The molecule has 3 rings (SSSR count). The van der Waals surface area contributed by atoms with E-state index in [1.165, 1.54) is 4.90 Å². The average molecular weight is 551 g/mol. The van der Waals surface area contributed by atoms with E-state index in [9.17, 15) is 19.5 Å². The molecule has 1 fully saturated rings. The van der Waals surface area contributed by atoms with Crippen LogP contribution in [0.5, 0.6) is 0 Å². The van der Waals surface area contributed by atoms with Crippen LogP contribution < -0.4 is 10.6 Å². The first-order chi connectivity index (χ1) is 17.5.